The zero-order valence-electron chi connectivity index (χ0n) is 17.5. The van der Waals surface area contributed by atoms with E-state index in [1.54, 1.807) is 38.6 Å². The minimum Gasteiger partial charge on any atom is -0.494 e. The zero-order valence-corrected chi connectivity index (χ0v) is 17.5. The van der Waals surface area contributed by atoms with Crippen LogP contribution in [0.1, 0.15) is 36.9 Å². The van der Waals surface area contributed by atoms with Crippen molar-refractivity contribution in [3.05, 3.63) is 54.4 Å². The Balaban J connectivity index is 1.47. The molecule has 2 aliphatic rings. The largest absolute Gasteiger partial charge is 0.494 e. The summed E-state index contributed by atoms with van der Waals surface area (Å²) in [7, 11) is 1.57. The predicted octanol–water partition coefficient (Wildman–Crippen LogP) is 2.73. The second kappa shape index (κ2) is 8.47. The molecule has 0 spiro atoms. The van der Waals surface area contributed by atoms with Crippen molar-refractivity contribution in [1.29, 1.82) is 0 Å². The number of ether oxygens (including phenoxy) is 2. The number of hydrogen-bond acceptors (Lipinski definition) is 8. The SMILES string of the molecule is C=C1c2cccc(OC)c2N=C(N)N1/N=C(\C)CC(=O)N[C@@H]1CCOc2ccncc21. The molecule has 3 N–H and O–H groups in total. The van der Waals surface area contributed by atoms with E-state index in [4.69, 9.17) is 15.2 Å². The maximum Gasteiger partial charge on any atom is 0.226 e. The molecule has 2 aromatic rings. The highest BCUT2D eigenvalue weighted by Crippen LogP contribution is 2.39. The molecule has 9 heteroatoms. The average Bonchev–Trinajstić information content (AvgIpc) is 2.76. The van der Waals surface area contributed by atoms with Crippen molar-refractivity contribution in [3.8, 4) is 11.5 Å². The maximum atomic E-state index is 12.6. The lowest BCUT2D eigenvalue weighted by atomic mass is 10.0. The number of fused-ring (bicyclic) bond motifs is 2. The molecule has 0 bridgehead atoms. The summed E-state index contributed by atoms with van der Waals surface area (Å²) in [4.78, 5) is 21.2. The van der Waals surface area contributed by atoms with Gasteiger partial charge < -0.3 is 20.5 Å². The third-order valence-corrected chi connectivity index (χ3v) is 5.10. The van der Waals surface area contributed by atoms with Gasteiger partial charge in [0.2, 0.25) is 11.9 Å². The first-order valence-corrected chi connectivity index (χ1v) is 9.88. The van der Waals surface area contributed by atoms with E-state index in [-0.39, 0.29) is 24.3 Å². The third-order valence-electron chi connectivity index (χ3n) is 5.10. The van der Waals surface area contributed by atoms with Gasteiger partial charge in [-0.05, 0) is 19.1 Å². The minimum absolute atomic E-state index is 0.106. The van der Waals surface area contributed by atoms with Crippen LogP contribution in [0.5, 0.6) is 11.5 Å². The van der Waals surface area contributed by atoms with E-state index in [0.29, 0.717) is 35.9 Å². The Bertz CT molecular complexity index is 1090. The first-order chi connectivity index (χ1) is 15.0. The summed E-state index contributed by atoms with van der Waals surface area (Å²) in [5.74, 6) is 1.36. The molecular formula is C22H24N6O3. The van der Waals surface area contributed by atoms with Crippen molar-refractivity contribution >= 4 is 29.0 Å². The van der Waals surface area contributed by atoms with Gasteiger partial charge in [-0.1, -0.05) is 18.7 Å². The van der Waals surface area contributed by atoms with E-state index in [1.807, 2.05) is 12.1 Å². The number of carbonyl (C=O) groups is 1. The minimum atomic E-state index is -0.150. The first kappa shape index (κ1) is 20.4. The maximum absolute atomic E-state index is 12.6. The Morgan fingerprint density at radius 3 is 3.10 bits per heavy atom. The summed E-state index contributed by atoms with van der Waals surface area (Å²) >= 11 is 0. The normalized spacial score (nSPS) is 17.8. The second-order valence-electron chi connectivity index (χ2n) is 7.27. The molecule has 0 fully saturated rings. The predicted molar refractivity (Wildman–Crippen MR) is 118 cm³/mol. The van der Waals surface area contributed by atoms with Crippen molar-refractivity contribution in [2.24, 2.45) is 15.8 Å². The molecule has 4 rings (SSSR count). The van der Waals surface area contributed by atoms with Gasteiger partial charge in [-0.15, -0.1) is 0 Å². The molecular weight excluding hydrogens is 396 g/mol. The standard InChI is InChI=1S/C22H24N6O3/c1-13(11-20(29)25-17-8-10-31-18-7-9-24-12-16(17)18)27-28-14(2)15-5-4-6-19(30-3)21(15)26-22(28)23/h4-7,9,12,17H,2,8,10-11H2,1,3H3,(H2,23,26)(H,25,29)/b27-13+/t17-/m1/s1. The van der Waals surface area contributed by atoms with E-state index in [2.05, 4.69) is 27.0 Å². The van der Waals surface area contributed by atoms with Crippen LogP contribution in [0.4, 0.5) is 5.69 Å². The topological polar surface area (TPSA) is 114 Å². The summed E-state index contributed by atoms with van der Waals surface area (Å²) in [5, 5.41) is 8.97. The van der Waals surface area contributed by atoms with Crippen molar-refractivity contribution in [1.82, 2.24) is 15.3 Å². The highest BCUT2D eigenvalue weighted by atomic mass is 16.5. The fourth-order valence-electron chi connectivity index (χ4n) is 3.62. The molecule has 1 atom stereocenters. The molecule has 1 aromatic carbocycles. The molecule has 3 heterocycles. The van der Waals surface area contributed by atoms with Crippen molar-refractivity contribution in [3.63, 3.8) is 0 Å². The summed E-state index contributed by atoms with van der Waals surface area (Å²) < 4.78 is 11.0. The number of rotatable bonds is 5. The number of nitrogens with two attached hydrogens (primary N) is 1. The number of guanidine groups is 1. The number of nitrogens with zero attached hydrogens (tertiary/aromatic N) is 4. The van der Waals surface area contributed by atoms with Gasteiger partial charge in [0.15, 0.2) is 0 Å². The number of hydrazone groups is 1. The number of para-hydroxylation sites is 1. The Morgan fingerprint density at radius 1 is 1.45 bits per heavy atom. The van der Waals surface area contributed by atoms with Crippen molar-refractivity contribution in [2.75, 3.05) is 13.7 Å². The van der Waals surface area contributed by atoms with E-state index in [0.717, 1.165) is 16.9 Å². The van der Waals surface area contributed by atoms with E-state index in [9.17, 15) is 4.79 Å². The number of methoxy groups -OCH3 is 1. The van der Waals surface area contributed by atoms with Crippen LogP contribution in [0.15, 0.2) is 53.3 Å². The van der Waals surface area contributed by atoms with Crippen LogP contribution < -0.4 is 20.5 Å². The number of hydrogen-bond donors (Lipinski definition) is 2. The van der Waals surface area contributed by atoms with Crippen LogP contribution in [0.3, 0.4) is 0 Å². The number of aromatic nitrogens is 1. The first-order valence-electron chi connectivity index (χ1n) is 9.88. The fourth-order valence-corrected chi connectivity index (χ4v) is 3.62. The number of nitrogens with one attached hydrogen (secondary N) is 1. The van der Waals surface area contributed by atoms with Crippen LogP contribution >= 0.6 is 0 Å². The fraction of sp³-hybridized carbons (Fsp3) is 0.273. The Kier molecular flexibility index (Phi) is 5.57. The van der Waals surface area contributed by atoms with E-state index >= 15 is 0 Å². The lowest BCUT2D eigenvalue weighted by molar-refractivity contribution is -0.120. The number of benzene rings is 1. The van der Waals surface area contributed by atoms with Crippen molar-refractivity contribution < 1.29 is 14.3 Å². The van der Waals surface area contributed by atoms with Gasteiger partial charge >= 0.3 is 0 Å². The summed E-state index contributed by atoms with van der Waals surface area (Å²) in [6.07, 6.45) is 4.18. The van der Waals surface area contributed by atoms with Gasteiger partial charge in [0.25, 0.3) is 0 Å². The lowest BCUT2D eigenvalue weighted by Gasteiger charge is -2.27. The van der Waals surface area contributed by atoms with Gasteiger partial charge in [0.05, 0.1) is 31.9 Å². The van der Waals surface area contributed by atoms with Gasteiger partial charge in [-0.25, -0.2) is 10.0 Å². The molecule has 31 heavy (non-hydrogen) atoms. The van der Waals surface area contributed by atoms with Crippen LogP contribution in [-0.2, 0) is 4.79 Å². The molecule has 2 aliphatic heterocycles. The molecule has 160 valence electrons. The molecule has 0 unspecified atom stereocenters. The number of carbonyl (C=O) groups excluding carboxylic acids is 1. The van der Waals surface area contributed by atoms with Gasteiger partial charge in [-0.2, -0.15) is 5.10 Å². The molecule has 0 aliphatic carbocycles. The van der Waals surface area contributed by atoms with E-state index < -0.39 is 0 Å². The van der Waals surface area contributed by atoms with Crippen molar-refractivity contribution in [2.45, 2.75) is 25.8 Å². The molecule has 1 aromatic heterocycles. The van der Waals surface area contributed by atoms with Crippen LogP contribution in [0.2, 0.25) is 0 Å². The van der Waals surface area contributed by atoms with Gasteiger partial charge in [-0.3, -0.25) is 9.78 Å². The average molecular weight is 420 g/mol. The smallest absolute Gasteiger partial charge is 0.226 e. The summed E-state index contributed by atoms with van der Waals surface area (Å²) in [6, 6.07) is 7.19. The van der Waals surface area contributed by atoms with Gasteiger partial charge in [0, 0.05) is 35.7 Å². The zero-order chi connectivity index (χ0) is 22.0. The monoisotopic (exact) mass is 420 g/mol. The number of amides is 1. The van der Waals surface area contributed by atoms with Crippen LogP contribution in [0.25, 0.3) is 5.70 Å². The molecule has 0 saturated carbocycles. The molecule has 1 amide bonds. The highest BCUT2D eigenvalue weighted by molar-refractivity contribution is 6.02. The summed E-state index contributed by atoms with van der Waals surface area (Å²) in [5.41, 5.74) is 9.51. The number of pyridine rings is 1. The van der Waals surface area contributed by atoms with Gasteiger partial charge in [0.1, 0.15) is 17.2 Å². The highest BCUT2D eigenvalue weighted by Gasteiger charge is 2.26. The Hall–Kier alpha value is -3.88. The lowest BCUT2D eigenvalue weighted by Crippen LogP contribution is -2.36. The van der Waals surface area contributed by atoms with Crippen LogP contribution in [-0.4, -0.2) is 41.3 Å². The summed E-state index contributed by atoms with van der Waals surface area (Å²) in [6.45, 7) is 6.40. The third kappa shape index (κ3) is 4.07. The van der Waals surface area contributed by atoms with E-state index in [1.165, 1.54) is 5.01 Å². The van der Waals surface area contributed by atoms with Crippen LogP contribution in [0, 0.1) is 0 Å². The second-order valence-corrected chi connectivity index (χ2v) is 7.27. The Morgan fingerprint density at radius 2 is 2.29 bits per heavy atom. The molecule has 9 nitrogen and oxygen atoms in total. The Labute approximate surface area is 180 Å². The number of aliphatic imine (C=N–C) groups is 1. The quantitative estimate of drug-likeness (QED) is 0.719. The molecule has 0 saturated heterocycles. The molecule has 0 radical (unpaired) electrons.